The highest BCUT2D eigenvalue weighted by atomic mass is 16.6. The molecule has 2 rings (SSSR count). The van der Waals surface area contributed by atoms with Crippen LogP contribution in [-0.4, -0.2) is 40.8 Å². The number of carboxylic acid groups (broad SMARTS) is 1. The molecule has 2 fully saturated rings. The quantitative estimate of drug-likeness (QED) is 0.794. The first-order chi connectivity index (χ1) is 8.74. The lowest BCUT2D eigenvalue weighted by molar-refractivity contribution is -0.144. The van der Waals surface area contributed by atoms with Crippen LogP contribution in [0.5, 0.6) is 0 Å². The molecular formula is C14H23NO4. The molecule has 1 aliphatic carbocycles. The first-order valence-corrected chi connectivity index (χ1v) is 6.96. The molecule has 19 heavy (non-hydrogen) atoms. The third-order valence-electron chi connectivity index (χ3n) is 4.12. The molecule has 0 aromatic heterocycles. The van der Waals surface area contributed by atoms with Gasteiger partial charge in [0, 0.05) is 13.1 Å². The van der Waals surface area contributed by atoms with Crippen molar-refractivity contribution in [2.24, 2.45) is 11.3 Å². The van der Waals surface area contributed by atoms with Gasteiger partial charge in [0.1, 0.15) is 5.60 Å². The lowest BCUT2D eigenvalue weighted by Gasteiger charge is -2.29. The lowest BCUT2D eigenvalue weighted by atomic mass is 9.95. The largest absolute Gasteiger partial charge is 0.481 e. The normalized spacial score (nSPS) is 30.9. The van der Waals surface area contributed by atoms with Crippen molar-refractivity contribution in [1.29, 1.82) is 0 Å². The maximum Gasteiger partial charge on any atom is 0.410 e. The predicted molar refractivity (Wildman–Crippen MR) is 69.8 cm³/mol. The van der Waals surface area contributed by atoms with Crippen molar-refractivity contribution in [3.8, 4) is 0 Å². The average molecular weight is 269 g/mol. The van der Waals surface area contributed by atoms with E-state index in [1.807, 2.05) is 20.8 Å². The molecule has 2 aliphatic rings. The molecule has 108 valence electrons. The van der Waals surface area contributed by atoms with E-state index in [2.05, 4.69) is 0 Å². The third kappa shape index (κ3) is 3.01. The van der Waals surface area contributed by atoms with Gasteiger partial charge in [-0.3, -0.25) is 4.79 Å². The number of nitrogens with zero attached hydrogens (tertiary/aromatic N) is 1. The van der Waals surface area contributed by atoms with E-state index in [-0.39, 0.29) is 6.09 Å². The number of aliphatic carboxylic acids is 1. The predicted octanol–water partition coefficient (Wildman–Crippen LogP) is 2.50. The third-order valence-corrected chi connectivity index (χ3v) is 4.12. The highest BCUT2D eigenvalue weighted by Crippen LogP contribution is 2.58. The van der Waals surface area contributed by atoms with E-state index >= 15 is 0 Å². The highest BCUT2D eigenvalue weighted by molar-refractivity contribution is 5.78. The smallest absolute Gasteiger partial charge is 0.410 e. The number of carbonyl (C=O) groups excluding carboxylic acids is 1. The molecule has 0 aromatic carbocycles. The Hall–Kier alpha value is -1.26. The van der Waals surface area contributed by atoms with Crippen LogP contribution in [0.3, 0.4) is 0 Å². The van der Waals surface area contributed by atoms with Crippen molar-refractivity contribution < 1.29 is 19.4 Å². The van der Waals surface area contributed by atoms with Gasteiger partial charge in [-0.15, -0.1) is 0 Å². The van der Waals surface area contributed by atoms with Gasteiger partial charge in [0.15, 0.2) is 0 Å². The van der Waals surface area contributed by atoms with Crippen molar-refractivity contribution in [2.45, 2.75) is 52.1 Å². The van der Waals surface area contributed by atoms with Gasteiger partial charge in [-0.2, -0.15) is 0 Å². The number of amides is 1. The first kappa shape index (κ1) is 14.2. The summed E-state index contributed by atoms with van der Waals surface area (Å²) in [5, 5.41) is 9.33. The van der Waals surface area contributed by atoms with E-state index in [0.29, 0.717) is 25.4 Å². The summed E-state index contributed by atoms with van der Waals surface area (Å²) in [6.07, 6.45) is 2.74. The van der Waals surface area contributed by atoms with E-state index in [4.69, 9.17) is 4.74 Å². The number of carboxylic acids is 1. The minimum absolute atomic E-state index is 0.311. The first-order valence-electron chi connectivity index (χ1n) is 6.96. The monoisotopic (exact) mass is 269 g/mol. The van der Waals surface area contributed by atoms with E-state index in [0.717, 1.165) is 19.3 Å². The minimum atomic E-state index is -0.705. The van der Waals surface area contributed by atoms with Gasteiger partial charge in [-0.05, 0) is 52.4 Å². The molecule has 1 saturated heterocycles. The zero-order valence-corrected chi connectivity index (χ0v) is 11.9. The van der Waals surface area contributed by atoms with Crippen LogP contribution in [0.1, 0.15) is 46.5 Å². The Kier molecular flexibility index (Phi) is 3.49. The summed E-state index contributed by atoms with van der Waals surface area (Å²) in [6.45, 7) is 6.67. The summed E-state index contributed by atoms with van der Waals surface area (Å²) >= 11 is 0. The van der Waals surface area contributed by atoms with Crippen LogP contribution in [-0.2, 0) is 9.53 Å². The fourth-order valence-electron chi connectivity index (χ4n) is 2.92. The number of fused-ring (bicyclic) bond motifs is 1. The molecule has 0 radical (unpaired) electrons. The second-order valence-electron chi connectivity index (χ2n) is 6.72. The van der Waals surface area contributed by atoms with Gasteiger partial charge < -0.3 is 14.7 Å². The molecule has 1 amide bonds. The van der Waals surface area contributed by atoms with Gasteiger partial charge in [-0.1, -0.05) is 0 Å². The van der Waals surface area contributed by atoms with E-state index < -0.39 is 17.0 Å². The molecule has 1 N–H and O–H groups in total. The molecule has 5 nitrogen and oxygen atoms in total. The second-order valence-corrected chi connectivity index (χ2v) is 6.72. The van der Waals surface area contributed by atoms with E-state index in [1.165, 1.54) is 0 Å². The average Bonchev–Trinajstić information content (AvgIpc) is 2.89. The number of carbonyl (C=O) groups is 2. The molecular weight excluding hydrogens is 246 g/mol. The standard InChI is InChI=1S/C14H23NO4/c1-13(2,3)19-12(18)15-7-4-5-10-9-14(10,6-8-15)11(16)17/h10H,4-9H2,1-3H3,(H,16,17). The Labute approximate surface area is 113 Å². The maximum atomic E-state index is 12.0. The molecule has 2 atom stereocenters. The molecule has 0 bridgehead atoms. The van der Waals surface area contributed by atoms with Crippen LogP contribution in [0.15, 0.2) is 0 Å². The van der Waals surface area contributed by atoms with E-state index in [9.17, 15) is 14.7 Å². The van der Waals surface area contributed by atoms with Crippen molar-refractivity contribution in [2.75, 3.05) is 13.1 Å². The highest BCUT2D eigenvalue weighted by Gasteiger charge is 2.59. The Balaban J connectivity index is 1.97. The van der Waals surface area contributed by atoms with Crippen LogP contribution in [0.2, 0.25) is 0 Å². The van der Waals surface area contributed by atoms with Gasteiger partial charge in [0.05, 0.1) is 5.41 Å². The van der Waals surface area contributed by atoms with Crippen molar-refractivity contribution in [3.63, 3.8) is 0 Å². The summed E-state index contributed by atoms with van der Waals surface area (Å²) < 4.78 is 5.36. The topological polar surface area (TPSA) is 66.8 Å². The fraction of sp³-hybridized carbons (Fsp3) is 0.857. The number of hydrogen-bond acceptors (Lipinski definition) is 3. The Bertz CT molecular complexity index is 387. The molecule has 0 aromatic rings. The van der Waals surface area contributed by atoms with Crippen LogP contribution in [0, 0.1) is 11.3 Å². The summed E-state index contributed by atoms with van der Waals surface area (Å²) in [5.41, 5.74) is -1.08. The van der Waals surface area contributed by atoms with Crippen molar-refractivity contribution in [3.05, 3.63) is 0 Å². The van der Waals surface area contributed by atoms with Crippen molar-refractivity contribution >= 4 is 12.1 Å². The van der Waals surface area contributed by atoms with Gasteiger partial charge in [-0.25, -0.2) is 4.79 Å². The zero-order valence-electron chi connectivity index (χ0n) is 11.9. The SMILES string of the molecule is CC(C)(C)OC(=O)N1CCCC2CC2(C(=O)O)CC1. The van der Waals surface area contributed by atoms with Gasteiger partial charge in [0.2, 0.25) is 0 Å². The van der Waals surface area contributed by atoms with Crippen LogP contribution >= 0.6 is 0 Å². The van der Waals surface area contributed by atoms with E-state index in [1.54, 1.807) is 4.90 Å². The summed E-state index contributed by atoms with van der Waals surface area (Å²) in [4.78, 5) is 25.0. The zero-order chi connectivity index (χ0) is 14.3. The molecule has 1 heterocycles. The lowest BCUT2D eigenvalue weighted by Crippen LogP contribution is -2.40. The van der Waals surface area contributed by atoms with Crippen molar-refractivity contribution in [1.82, 2.24) is 4.90 Å². The van der Waals surface area contributed by atoms with Gasteiger partial charge in [0.25, 0.3) is 0 Å². The van der Waals surface area contributed by atoms with Crippen LogP contribution < -0.4 is 0 Å². The summed E-state index contributed by atoms with van der Waals surface area (Å²) in [5.74, 6) is -0.394. The number of rotatable bonds is 1. The fourth-order valence-corrected chi connectivity index (χ4v) is 2.92. The molecule has 0 spiro atoms. The molecule has 1 saturated carbocycles. The van der Waals surface area contributed by atoms with Crippen LogP contribution in [0.4, 0.5) is 4.79 Å². The Morgan fingerprint density at radius 2 is 2.00 bits per heavy atom. The number of ether oxygens (including phenoxy) is 1. The number of likely N-dealkylation sites (tertiary alicyclic amines) is 1. The number of hydrogen-bond donors (Lipinski definition) is 1. The van der Waals surface area contributed by atoms with Crippen LogP contribution in [0.25, 0.3) is 0 Å². The summed E-state index contributed by atoms with van der Waals surface area (Å²) in [6, 6.07) is 0. The summed E-state index contributed by atoms with van der Waals surface area (Å²) in [7, 11) is 0. The maximum absolute atomic E-state index is 12.0. The minimum Gasteiger partial charge on any atom is -0.481 e. The Morgan fingerprint density at radius 3 is 2.58 bits per heavy atom. The second kappa shape index (κ2) is 4.69. The molecule has 2 unspecified atom stereocenters. The Morgan fingerprint density at radius 1 is 1.32 bits per heavy atom. The van der Waals surface area contributed by atoms with Gasteiger partial charge >= 0.3 is 12.1 Å². The molecule has 5 heteroatoms. The molecule has 1 aliphatic heterocycles.